The number of pyridine rings is 1. The summed E-state index contributed by atoms with van der Waals surface area (Å²) in [4.78, 5) is 10.3. The van der Waals surface area contributed by atoms with E-state index in [1.807, 2.05) is 18.2 Å². The predicted octanol–water partition coefficient (Wildman–Crippen LogP) is 3.14. The molecule has 11 heavy (non-hydrogen) atoms. The summed E-state index contributed by atoms with van der Waals surface area (Å²) in [5, 5.41) is 0. The first kappa shape index (κ1) is 11.2. The predicted molar refractivity (Wildman–Crippen MR) is 53.4 cm³/mol. The third-order valence-electron chi connectivity index (χ3n) is 0.566. The number of hydrogen-bond donors (Lipinski definition) is 0. The van der Waals surface area contributed by atoms with Gasteiger partial charge in [-0.1, -0.05) is 6.07 Å². The van der Waals surface area contributed by atoms with E-state index < -0.39 is 17.3 Å². The maximum absolute atomic E-state index is 5.74. The second-order valence-corrected chi connectivity index (χ2v) is 22.5. The zero-order valence-corrected chi connectivity index (χ0v) is 10.8. The minimum Gasteiger partial charge on any atom is -0.265 e. The molecule has 0 radical (unpaired) electrons. The van der Waals surface area contributed by atoms with Gasteiger partial charge in [0, 0.05) is 12.4 Å². The molecule has 0 aliphatic rings. The molecule has 0 saturated carbocycles. The zero-order chi connectivity index (χ0) is 8.74. The van der Waals surface area contributed by atoms with Gasteiger partial charge >= 0.3 is 41.0 Å². The van der Waals surface area contributed by atoms with E-state index in [1.165, 1.54) is 0 Å². The van der Waals surface area contributed by atoms with Crippen molar-refractivity contribution in [3.05, 3.63) is 30.6 Å². The molecular weight excluding hydrogens is 264 g/mol. The summed E-state index contributed by atoms with van der Waals surface area (Å²) in [7, 11) is 5.74. The molecule has 1 aromatic heterocycles. The van der Waals surface area contributed by atoms with Crippen molar-refractivity contribution >= 4 is 26.2 Å². The van der Waals surface area contributed by atoms with Crippen LogP contribution in [0.4, 0.5) is 0 Å². The van der Waals surface area contributed by atoms with Crippen molar-refractivity contribution in [3.63, 3.8) is 0 Å². The van der Waals surface area contributed by atoms with Crippen LogP contribution in [0.3, 0.4) is 0 Å². The zero-order valence-electron chi connectivity index (χ0n) is 7.21. The Morgan fingerprint density at radius 3 is 1.45 bits per heavy atom. The molecule has 0 bridgehead atoms. The normalized spacial score (nSPS) is 9.82. The summed E-state index contributed by atoms with van der Waals surface area (Å²) in [6, 6.07) is 5.72. The first-order valence-electron chi connectivity index (χ1n) is 3.54. The molecule has 0 saturated heterocycles. The largest absolute Gasteiger partial charge is 0.265 e. The molecule has 0 aliphatic heterocycles. The first-order chi connectivity index (χ1) is 5.00. The van der Waals surface area contributed by atoms with Gasteiger partial charge in [0.1, 0.15) is 0 Å². The van der Waals surface area contributed by atoms with Crippen LogP contribution in [-0.2, 0) is 0 Å². The molecule has 62 valence electrons. The standard InChI is InChI=1S/C5H5N.3CH3.ClH.Sn/c1-2-4-6-5-3-1;;;;;/h1-5H;3*1H3;1H;/q;;;;;+1/p-1. The minimum absolute atomic E-state index is 1.71. The van der Waals surface area contributed by atoms with E-state index in [9.17, 15) is 0 Å². The van der Waals surface area contributed by atoms with Gasteiger partial charge in [-0.25, -0.2) is 0 Å². The van der Waals surface area contributed by atoms with Crippen molar-refractivity contribution in [3.8, 4) is 0 Å². The van der Waals surface area contributed by atoms with Gasteiger partial charge in [-0.05, 0) is 12.1 Å². The summed E-state index contributed by atoms with van der Waals surface area (Å²) < 4.78 is 0. The maximum atomic E-state index is 5.74. The van der Waals surface area contributed by atoms with Crippen molar-refractivity contribution in [1.29, 1.82) is 0 Å². The van der Waals surface area contributed by atoms with Gasteiger partial charge in [0.25, 0.3) is 0 Å². The third kappa shape index (κ3) is 17.9. The van der Waals surface area contributed by atoms with Crippen molar-refractivity contribution < 1.29 is 0 Å². The average Bonchev–Trinajstić information content (AvgIpc) is 1.88. The summed E-state index contributed by atoms with van der Waals surface area (Å²) in [6.07, 6.45) is 3.50. The Balaban J connectivity index is 0.000000187. The van der Waals surface area contributed by atoms with E-state index in [1.54, 1.807) is 12.4 Å². The van der Waals surface area contributed by atoms with Crippen molar-refractivity contribution in [2.75, 3.05) is 0 Å². The summed E-state index contributed by atoms with van der Waals surface area (Å²) in [5.74, 6) is 0. The van der Waals surface area contributed by atoms with E-state index in [4.69, 9.17) is 8.92 Å². The Morgan fingerprint density at radius 1 is 1.00 bits per heavy atom. The van der Waals surface area contributed by atoms with Gasteiger partial charge in [-0.2, -0.15) is 0 Å². The van der Waals surface area contributed by atoms with Crippen LogP contribution in [0.15, 0.2) is 30.6 Å². The summed E-state index contributed by atoms with van der Waals surface area (Å²) in [6.45, 7) is 0. The van der Waals surface area contributed by atoms with Crippen molar-refractivity contribution in [2.24, 2.45) is 0 Å². The molecule has 0 atom stereocenters. The number of halogens is 1. The Kier molecular flexibility index (Phi) is 5.96. The molecule has 0 N–H and O–H groups in total. The molecule has 0 fully saturated rings. The molecular formula is C8H14ClNSn. The Hall–Kier alpha value is 0.239. The fraction of sp³-hybridized carbons (Fsp3) is 0.375. The van der Waals surface area contributed by atoms with Gasteiger partial charge in [0.15, 0.2) is 0 Å². The maximum Gasteiger partial charge on any atom is 0.0267 e. The van der Waals surface area contributed by atoms with Crippen LogP contribution in [0.25, 0.3) is 0 Å². The first-order valence-corrected chi connectivity index (χ1v) is 15.7. The van der Waals surface area contributed by atoms with Crippen LogP contribution in [0.2, 0.25) is 14.8 Å². The molecule has 0 spiro atoms. The molecule has 3 heteroatoms. The summed E-state index contributed by atoms with van der Waals surface area (Å²) >= 11 is -1.71. The van der Waals surface area contributed by atoms with Crippen molar-refractivity contribution in [1.82, 2.24) is 4.98 Å². The van der Waals surface area contributed by atoms with Crippen LogP contribution >= 0.6 is 8.92 Å². The molecule has 1 aromatic rings. The molecule has 0 aromatic carbocycles. The van der Waals surface area contributed by atoms with Crippen LogP contribution in [-0.4, -0.2) is 22.2 Å². The number of hydrogen-bond acceptors (Lipinski definition) is 1. The van der Waals surface area contributed by atoms with Crippen LogP contribution in [0.5, 0.6) is 0 Å². The molecule has 1 nitrogen and oxygen atoms in total. The van der Waals surface area contributed by atoms with E-state index in [-0.39, 0.29) is 0 Å². The van der Waals surface area contributed by atoms with E-state index in [2.05, 4.69) is 19.8 Å². The van der Waals surface area contributed by atoms with Gasteiger partial charge < -0.3 is 0 Å². The van der Waals surface area contributed by atoms with Crippen LogP contribution in [0, 0.1) is 0 Å². The Labute approximate surface area is 76.4 Å². The van der Waals surface area contributed by atoms with Crippen molar-refractivity contribution in [2.45, 2.75) is 14.8 Å². The monoisotopic (exact) mass is 279 g/mol. The van der Waals surface area contributed by atoms with E-state index in [0.29, 0.717) is 0 Å². The van der Waals surface area contributed by atoms with Gasteiger partial charge in [0.2, 0.25) is 0 Å². The Bertz CT molecular complexity index is 138. The number of rotatable bonds is 0. The molecule has 0 aliphatic carbocycles. The van der Waals surface area contributed by atoms with Gasteiger partial charge in [-0.3, -0.25) is 4.98 Å². The van der Waals surface area contributed by atoms with Gasteiger partial charge in [-0.15, -0.1) is 0 Å². The SMILES string of the molecule is [CH3][Sn]([CH3])([CH3])[Cl].c1ccncc1. The second kappa shape index (κ2) is 5.83. The van der Waals surface area contributed by atoms with E-state index >= 15 is 0 Å². The van der Waals surface area contributed by atoms with Crippen LogP contribution < -0.4 is 0 Å². The second-order valence-electron chi connectivity index (χ2n) is 3.09. The van der Waals surface area contributed by atoms with Crippen LogP contribution in [0.1, 0.15) is 0 Å². The number of aromatic nitrogens is 1. The molecule has 1 rings (SSSR count). The minimum atomic E-state index is -1.71. The quantitative estimate of drug-likeness (QED) is 0.664. The topological polar surface area (TPSA) is 12.9 Å². The smallest absolute Gasteiger partial charge is 0.0267 e. The summed E-state index contributed by atoms with van der Waals surface area (Å²) in [5.41, 5.74) is 0. The molecule has 1 heterocycles. The Morgan fingerprint density at radius 2 is 1.36 bits per heavy atom. The number of nitrogens with zero attached hydrogens (tertiary/aromatic N) is 1. The van der Waals surface area contributed by atoms with Gasteiger partial charge in [0.05, 0.1) is 0 Å². The molecule has 0 unspecified atom stereocenters. The fourth-order valence-electron chi connectivity index (χ4n) is 0.313. The third-order valence-corrected chi connectivity index (χ3v) is 0.566. The average molecular weight is 278 g/mol. The fourth-order valence-corrected chi connectivity index (χ4v) is 0.313. The molecule has 0 amide bonds. The van der Waals surface area contributed by atoms with E-state index in [0.717, 1.165) is 0 Å².